The Labute approximate surface area is 102 Å². The maximum Gasteiger partial charge on any atom is 0.215 e. The van der Waals surface area contributed by atoms with Gasteiger partial charge >= 0.3 is 0 Å². The van der Waals surface area contributed by atoms with Crippen LogP contribution in [-0.2, 0) is 5.54 Å². The maximum absolute atomic E-state index is 6.28. The van der Waals surface area contributed by atoms with E-state index in [9.17, 15) is 0 Å². The summed E-state index contributed by atoms with van der Waals surface area (Å²) in [6, 6.07) is 5.81. The SMILES string of the molecule is CC(N)(c1nc2cc(Br)ccc2o1)C1CC1. The lowest BCUT2D eigenvalue weighted by molar-refractivity contribution is 0.327. The summed E-state index contributed by atoms with van der Waals surface area (Å²) in [6.07, 6.45) is 2.35. The Hall–Kier alpha value is -0.870. The molecule has 1 unspecified atom stereocenters. The van der Waals surface area contributed by atoms with Gasteiger partial charge in [-0.2, -0.15) is 0 Å². The predicted octanol–water partition coefficient (Wildman–Crippen LogP) is 3.17. The van der Waals surface area contributed by atoms with Gasteiger partial charge in [-0.25, -0.2) is 4.98 Å². The van der Waals surface area contributed by atoms with E-state index in [4.69, 9.17) is 10.2 Å². The molecule has 2 aromatic rings. The van der Waals surface area contributed by atoms with Crippen LogP contribution in [0.25, 0.3) is 11.1 Å². The number of benzene rings is 1. The van der Waals surface area contributed by atoms with Gasteiger partial charge in [0.1, 0.15) is 5.52 Å². The van der Waals surface area contributed by atoms with E-state index in [0.717, 1.165) is 15.6 Å². The number of nitrogens with two attached hydrogens (primary N) is 1. The molecule has 1 aromatic carbocycles. The lowest BCUT2D eigenvalue weighted by atomic mass is 9.97. The molecular weight excluding hydrogens is 268 g/mol. The summed E-state index contributed by atoms with van der Waals surface area (Å²) in [4.78, 5) is 4.48. The van der Waals surface area contributed by atoms with Crippen molar-refractivity contribution < 1.29 is 4.42 Å². The van der Waals surface area contributed by atoms with Crippen LogP contribution >= 0.6 is 15.9 Å². The average Bonchev–Trinajstić information content (AvgIpc) is 2.99. The predicted molar refractivity (Wildman–Crippen MR) is 66.0 cm³/mol. The van der Waals surface area contributed by atoms with Crippen molar-refractivity contribution >= 4 is 27.0 Å². The van der Waals surface area contributed by atoms with Gasteiger partial charge in [-0.15, -0.1) is 0 Å². The third-order valence-corrected chi connectivity index (χ3v) is 3.73. The summed E-state index contributed by atoms with van der Waals surface area (Å²) in [5.74, 6) is 1.17. The highest BCUT2D eigenvalue weighted by Gasteiger charge is 2.43. The highest BCUT2D eigenvalue weighted by Crippen LogP contribution is 2.44. The Morgan fingerprint density at radius 2 is 2.25 bits per heavy atom. The molecule has 0 saturated heterocycles. The zero-order chi connectivity index (χ0) is 11.3. The van der Waals surface area contributed by atoms with Crippen LogP contribution in [0.15, 0.2) is 27.1 Å². The second-order valence-electron chi connectivity index (χ2n) is 4.69. The molecule has 0 radical (unpaired) electrons. The van der Waals surface area contributed by atoms with Gasteiger partial charge in [-0.05, 0) is 43.9 Å². The molecule has 4 heteroatoms. The highest BCUT2D eigenvalue weighted by atomic mass is 79.9. The zero-order valence-corrected chi connectivity index (χ0v) is 10.6. The van der Waals surface area contributed by atoms with Gasteiger partial charge in [0, 0.05) is 4.47 Å². The summed E-state index contributed by atoms with van der Waals surface area (Å²) in [6.45, 7) is 2.00. The Bertz CT molecular complexity index is 543. The quantitative estimate of drug-likeness (QED) is 0.919. The molecule has 1 aliphatic carbocycles. The van der Waals surface area contributed by atoms with Gasteiger partial charge < -0.3 is 10.2 Å². The van der Waals surface area contributed by atoms with Crippen LogP contribution in [-0.4, -0.2) is 4.98 Å². The Balaban J connectivity index is 2.11. The van der Waals surface area contributed by atoms with E-state index in [1.807, 2.05) is 25.1 Å². The van der Waals surface area contributed by atoms with E-state index in [1.165, 1.54) is 12.8 Å². The monoisotopic (exact) mass is 280 g/mol. The smallest absolute Gasteiger partial charge is 0.215 e. The minimum Gasteiger partial charge on any atom is -0.439 e. The van der Waals surface area contributed by atoms with Crippen molar-refractivity contribution in [3.63, 3.8) is 0 Å². The Morgan fingerprint density at radius 3 is 2.94 bits per heavy atom. The molecule has 1 aliphatic rings. The third-order valence-electron chi connectivity index (χ3n) is 3.24. The first kappa shape index (κ1) is 10.3. The van der Waals surface area contributed by atoms with E-state index in [2.05, 4.69) is 20.9 Å². The minimum atomic E-state index is -0.425. The van der Waals surface area contributed by atoms with Crippen LogP contribution in [0.4, 0.5) is 0 Å². The number of fused-ring (bicyclic) bond motifs is 1. The first-order chi connectivity index (χ1) is 7.57. The van der Waals surface area contributed by atoms with Crippen molar-refractivity contribution in [2.75, 3.05) is 0 Å². The highest BCUT2D eigenvalue weighted by molar-refractivity contribution is 9.10. The molecule has 3 nitrogen and oxygen atoms in total. The molecule has 0 amide bonds. The maximum atomic E-state index is 6.28. The Morgan fingerprint density at radius 1 is 1.50 bits per heavy atom. The van der Waals surface area contributed by atoms with Crippen LogP contribution in [0.2, 0.25) is 0 Å². The molecule has 3 rings (SSSR count). The summed E-state index contributed by atoms with van der Waals surface area (Å²) >= 11 is 3.42. The molecule has 1 saturated carbocycles. The lowest BCUT2D eigenvalue weighted by Gasteiger charge is -2.19. The topological polar surface area (TPSA) is 52.0 Å². The second-order valence-corrected chi connectivity index (χ2v) is 5.60. The number of oxazole rings is 1. The Kier molecular flexibility index (Phi) is 2.13. The summed E-state index contributed by atoms with van der Waals surface area (Å²) < 4.78 is 6.74. The first-order valence-corrected chi connectivity index (χ1v) is 6.22. The molecular formula is C12H13BrN2O. The standard InChI is InChI=1S/C12H13BrN2O/c1-12(14,7-2-3-7)11-15-9-6-8(13)4-5-10(9)16-11/h4-7H,2-3,14H2,1H3. The van der Waals surface area contributed by atoms with E-state index < -0.39 is 5.54 Å². The molecule has 2 N–H and O–H groups in total. The van der Waals surface area contributed by atoms with Gasteiger partial charge in [0.05, 0.1) is 5.54 Å². The van der Waals surface area contributed by atoms with Crippen molar-refractivity contribution in [1.82, 2.24) is 4.98 Å². The average molecular weight is 281 g/mol. The van der Waals surface area contributed by atoms with Crippen LogP contribution in [0.1, 0.15) is 25.7 Å². The molecule has 0 aliphatic heterocycles. The molecule has 0 bridgehead atoms. The van der Waals surface area contributed by atoms with Crippen molar-refractivity contribution in [1.29, 1.82) is 0 Å². The molecule has 1 fully saturated rings. The number of hydrogen-bond donors (Lipinski definition) is 1. The normalized spacial score (nSPS) is 19.9. The van der Waals surface area contributed by atoms with Gasteiger partial charge in [0.2, 0.25) is 5.89 Å². The summed E-state index contributed by atoms with van der Waals surface area (Å²) in [5.41, 5.74) is 7.52. The van der Waals surface area contributed by atoms with E-state index in [-0.39, 0.29) is 0 Å². The lowest BCUT2D eigenvalue weighted by Crippen LogP contribution is -2.35. The minimum absolute atomic E-state index is 0.425. The summed E-state index contributed by atoms with van der Waals surface area (Å²) in [7, 11) is 0. The number of nitrogens with zero attached hydrogens (tertiary/aromatic N) is 1. The number of aromatic nitrogens is 1. The van der Waals surface area contributed by atoms with Gasteiger partial charge in [0.15, 0.2) is 5.58 Å². The fourth-order valence-electron chi connectivity index (χ4n) is 1.99. The first-order valence-electron chi connectivity index (χ1n) is 5.43. The van der Waals surface area contributed by atoms with E-state index in [0.29, 0.717) is 11.8 Å². The van der Waals surface area contributed by atoms with E-state index >= 15 is 0 Å². The van der Waals surface area contributed by atoms with Crippen LogP contribution in [0.3, 0.4) is 0 Å². The fraction of sp³-hybridized carbons (Fsp3) is 0.417. The zero-order valence-electron chi connectivity index (χ0n) is 9.03. The van der Waals surface area contributed by atoms with E-state index in [1.54, 1.807) is 0 Å². The van der Waals surface area contributed by atoms with Crippen LogP contribution in [0.5, 0.6) is 0 Å². The molecule has 1 heterocycles. The molecule has 0 spiro atoms. The number of rotatable bonds is 2. The van der Waals surface area contributed by atoms with Crippen LogP contribution < -0.4 is 5.73 Å². The number of hydrogen-bond acceptors (Lipinski definition) is 3. The second kappa shape index (κ2) is 3.31. The third kappa shape index (κ3) is 1.57. The van der Waals surface area contributed by atoms with Gasteiger partial charge in [0.25, 0.3) is 0 Å². The molecule has 1 atom stereocenters. The fourth-order valence-corrected chi connectivity index (χ4v) is 2.34. The van der Waals surface area contributed by atoms with Crippen LogP contribution in [0, 0.1) is 5.92 Å². The molecule has 16 heavy (non-hydrogen) atoms. The van der Waals surface area contributed by atoms with Crippen molar-refractivity contribution in [3.8, 4) is 0 Å². The van der Waals surface area contributed by atoms with Crippen molar-refractivity contribution in [2.45, 2.75) is 25.3 Å². The van der Waals surface area contributed by atoms with Gasteiger partial charge in [-0.1, -0.05) is 15.9 Å². The van der Waals surface area contributed by atoms with Gasteiger partial charge in [-0.3, -0.25) is 0 Å². The molecule has 1 aromatic heterocycles. The summed E-state index contributed by atoms with van der Waals surface area (Å²) in [5, 5.41) is 0. The van der Waals surface area contributed by atoms with Crippen molar-refractivity contribution in [2.24, 2.45) is 11.7 Å². The largest absolute Gasteiger partial charge is 0.439 e. The molecule has 84 valence electrons. The van der Waals surface area contributed by atoms with Crippen molar-refractivity contribution in [3.05, 3.63) is 28.6 Å². The number of halogens is 1.